The molecular weight excluding hydrogens is 308 g/mol. The Balaban J connectivity index is 2.27. The fourth-order valence-electron chi connectivity index (χ4n) is 2.33. The molecule has 2 aromatic carbocycles. The van der Waals surface area contributed by atoms with E-state index in [4.69, 9.17) is 11.6 Å². The molecule has 21 heavy (non-hydrogen) atoms. The van der Waals surface area contributed by atoms with Crippen LogP contribution in [0.3, 0.4) is 0 Å². The third kappa shape index (κ3) is 2.54. The molecule has 1 heterocycles. The number of nitrogens with zero attached hydrogens (tertiary/aromatic N) is 1. The van der Waals surface area contributed by atoms with Crippen molar-refractivity contribution in [3.8, 4) is 11.4 Å². The van der Waals surface area contributed by atoms with Crippen LogP contribution in [0.25, 0.3) is 22.4 Å². The molecule has 1 N–H and O–H groups in total. The van der Waals surface area contributed by atoms with Crippen molar-refractivity contribution in [1.29, 1.82) is 0 Å². The Morgan fingerprint density at radius 3 is 2.62 bits per heavy atom. The van der Waals surface area contributed by atoms with Gasteiger partial charge in [0.05, 0.1) is 10.4 Å². The lowest BCUT2D eigenvalue weighted by Gasteiger charge is -2.02. The number of nitrogens with one attached hydrogen (secondary N) is 1. The van der Waals surface area contributed by atoms with Gasteiger partial charge < -0.3 is 4.98 Å². The summed E-state index contributed by atoms with van der Waals surface area (Å²) >= 11 is 5.96. The minimum atomic E-state index is -3.32. The number of fused-ring (bicyclic) bond motifs is 1. The smallest absolute Gasteiger partial charge is 0.177 e. The van der Waals surface area contributed by atoms with Gasteiger partial charge in [-0.1, -0.05) is 17.7 Å². The maximum atomic E-state index is 11.8. The molecule has 3 rings (SSSR count). The SMILES string of the molecule is Cc1cc(Cl)ccc1-c1nc2c(S(C)(=O)=O)cccc2[nH]1. The number of imidazole rings is 1. The van der Waals surface area contributed by atoms with Gasteiger partial charge >= 0.3 is 0 Å². The van der Waals surface area contributed by atoms with Crippen LogP contribution < -0.4 is 0 Å². The second-order valence-electron chi connectivity index (χ2n) is 4.97. The molecular formula is C15H13ClN2O2S. The molecule has 0 aliphatic heterocycles. The van der Waals surface area contributed by atoms with E-state index in [0.717, 1.165) is 11.1 Å². The van der Waals surface area contributed by atoms with E-state index in [2.05, 4.69) is 9.97 Å². The first-order valence-corrected chi connectivity index (χ1v) is 8.58. The molecule has 108 valence electrons. The predicted molar refractivity (Wildman–Crippen MR) is 84.4 cm³/mol. The predicted octanol–water partition coefficient (Wildman–Crippen LogP) is 3.60. The normalized spacial score (nSPS) is 12.0. The minimum absolute atomic E-state index is 0.231. The van der Waals surface area contributed by atoms with Gasteiger partial charge in [-0.2, -0.15) is 0 Å². The maximum absolute atomic E-state index is 11.8. The highest BCUT2D eigenvalue weighted by atomic mass is 35.5. The maximum Gasteiger partial charge on any atom is 0.177 e. The Morgan fingerprint density at radius 2 is 1.95 bits per heavy atom. The average Bonchev–Trinajstić information content (AvgIpc) is 2.80. The highest BCUT2D eigenvalue weighted by Crippen LogP contribution is 2.28. The summed E-state index contributed by atoms with van der Waals surface area (Å²) in [5, 5.41) is 0.657. The van der Waals surface area contributed by atoms with Crippen molar-refractivity contribution >= 4 is 32.5 Å². The van der Waals surface area contributed by atoms with Crippen molar-refractivity contribution in [2.24, 2.45) is 0 Å². The molecule has 0 radical (unpaired) electrons. The average molecular weight is 321 g/mol. The van der Waals surface area contributed by atoms with Crippen molar-refractivity contribution in [2.45, 2.75) is 11.8 Å². The van der Waals surface area contributed by atoms with Crippen molar-refractivity contribution in [3.05, 3.63) is 47.0 Å². The van der Waals surface area contributed by atoms with E-state index in [9.17, 15) is 8.42 Å². The number of aromatic nitrogens is 2. The zero-order valence-electron chi connectivity index (χ0n) is 11.5. The first-order chi connectivity index (χ1) is 9.86. The number of rotatable bonds is 2. The van der Waals surface area contributed by atoms with Crippen LogP contribution in [0.4, 0.5) is 0 Å². The van der Waals surface area contributed by atoms with E-state index in [1.165, 1.54) is 6.26 Å². The summed E-state index contributed by atoms with van der Waals surface area (Å²) in [6.07, 6.45) is 1.18. The zero-order chi connectivity index (χ0) is 15.2. The molecule has 4 nitrogen and oxygen atoms in total. The topological polar surface area (TPSA) is 62.8 Å². The standard InChI is InChI=1S/C15H13ClN2O2S/c1-9-8-10(16)6-7-11(9)15-17-12-4-3-5-13(14(12)18-15)21(2,19)20/h3-8H,1-2H3,(H,17,18). The Morgan fingerprint density at radius 1 is 1.19 bits per heavy atom. The molecule has 6 heteroatoms. The number of hydrogen-bond donors (Lipinski definition) is 1. The molecule has 0 unspecified atom stereocenters. The van der Waals surface area contributed by atoms with Crippen LogP contribution in [0, 0.1) is 6.92 Å². The molecule has 0 atom stereocenters. The van der Waals surface area contributed by atoms with E-state index < -0.39 is 9.84 Å². The summed E-state index contributed by atoms with van der Waals surface area (Å²) in [6.45, 7) is 1.94. The van der Waals surface area contributed by atoms with Crippen LogP contribution in [0.15, 0.2) is 41.3 Å². The Kier molecular flexibility index (Phi) is 3.26. The molecule has 1 aromatic heterocycles. The van der Waals surface area contributed by atoms with Gasteiger partial charge in [-0.15, -0.1) is 0 Å². The van der Waals surface area contributed by atoms with Gasteiger partial charge in [0.15, 0.2) is 9.84 Å². The van der Waals surface area contributed by atoms with E-state index >= 15 is 0 Å². The summed E-state index contributed by atoms with van der Waals surface area (Å²) in [5.41, 5.74) is 3.03. The van der Waals surface area contributed by atoms with Gasteiger partial charge in [0.1, 0.15) is 11.3 Å². The molecule has 0 saturated heterocycles. The number of H-pyrrole nitrogens is 1. The van der Waals surface area contributed by atoms with Crippen molar-refractivity contribution in [1.82, 2.24) is 9.97 Å². The van der Waals surface area contributed by atoms with Gasteiger partial charge in [0.2, 0.25) is 0 Å². The zero-order valence-corrected chi connectivity index (χ0v) is 13.1. The quantitative estimate of drug-likeness (QED) is 0.784. The minimum Gasteiger partial charge on any atom is -0.338 e. The summed E-state index contributed by atoms with van der Waals surface area (Å²) < 4.78 is 23.7. The van der Waals surface area contributed by atoms with Gasteiger partial charge in [0, 0.05) is 16.8 Å². The van der Waals surface area contributed by atoms with Crippen LogP contribution in [0.5, 0.6) is 0 Å². The van der Waals surface area contributed by atoms with Crippen LogP contribution in [-0.2, 0) is 9.84 Å². The Hall–Kier alpha value is -1.85. The largest absolute Gasteiger partial charge is 0.338 e. The number of aryl methyl sites for hydroxylation is 1. The Labute approximate surface area is 127 Å². The molecule has 0 saturated carbocycles. The molecule has 0 aliphatic rings. The lowest BCUT2D eigenvalue weighted by Crippen LogP contribution is -1.97. The fraction of sp³-hybridized carbons (Fsp3) is 0.133. The lowest BCUT2D eigenvalue weighted by atomic mass is 10.1. The van der Waals surface area contributed by atoms with Gasteiger partial charge in [-0.25, -0.2) is 13.4 Å². The number of halogens is 1. The number of aromatic amines is 1. The lowest BCUT2D eigenvalue weighted by molar-refractivity contribution is 0.602. The summed E-state index contributed by atoms with van der Waals surface area (Å²) in [4.78, 5) is 7.86. The van der Waals surface area contributed by atoms with Crippen LogP contribution >= 0.6 is 11.6 Å². The molecule has 0 amide bonds. The number of sulfone groups is 1. The highest BCUT2D eigenvalue weighted by Gasteiger charge is 2.16. The fourth-order valence-corrected chi connectivity index (χ4v) is 3.38. The summed E-state index contributed by atoms with van der Waals surface area (Å²) in [6, 6.07) is 10.6. The molecule has 3 aromatic rings. The molecule has 0 fully saturated rings. The number of hydrogen-bond acceptors (Lipinski definition) is 3. The Bertz CT molecular complexity index is 945. The summed E-state index contributed by atoms with van der Waals surface area (Å²) in [5.74, 6) is 0.635. The van der Waals surface area contributed by atoms with Crippen molar-refractivity contribution < 1.29 is 8.42 Å². The van der Waals surface area contributed by atoms with Crippen LogP contribution in [-0.4, -0.2) is 24.6 Å². The summed E-state index contributed by atoms with van der Waals surface area (Å²) in [7, 11) is -3.32. The van der Waals surface area contributed by atoms with Crippen molar-refractivity contribution in [2.75, 3.05) is 6.26 Å². The van der Waals surface area contributed by atoms with Gasteiger partial charge in [0.25, 0.3) is 0 Å². The first kappa shape index (κ1) is 14.1. The van der Waals surface area contributed by atoms with Crippen LogP contribution in [0.1, 0.15) is 5.56 Å². The van der Waals surface area contributed by atoms with Crippen LogP contribution in [0.2, 0.25) is 5.02 Å². The third-order valence-electron chi connectivity index (χ3n) is 3.32. The van der Waals surface area contributed by atoms with Gasteiger partial charge in [-0.05, 0) is 42.8 Å². The number of para-hydroxylation sites is 1. The monoisotopic (exact) mass is 320 g/mol. The van der Waals surface area contributed by atoms with E-state index in [1.54, 1.807) is 18.2 Å². The van der Waals surface area contributed by atoms with E-state index in [0.29, 0.717) is 21.9 Å². The first-order valence-electron chi connectivity index (χ1n) is 6.31. The number of benzene rings is 2. The van der Waals surface area contributed by atoms with E-state index in [-0.39, 0.29) is 4.90 Å². The van der Waals surface area contributed by atoms with E-state index in [1.807, 2.05) is 25.1 Å². The molecule has 0 bridgehead atoms. The van der Waals surface area contributed by atoms with Gasteiger partial charge in [-0.3, -0.25) is 0 Å². The molecule has 0 spiro atoms. The van der Waals surface area contributed by atoms with Crippen molar-refractivity contribution in [3.63, 3.8) is 0 Å². The second-order valence-corrected chi connectivity index (χ2v) is 7.39. The third-order valence-corrected chi connectivity index (χ3v) is 4.68. The second kappa shape index (κ2) is 4.86. The highest BCUT2D eigenvalue weighted by molar-refractivity contribution is 7.91. The molecule has 0 aliphatic carbocycles.